The molecule has 2 N–H and O–H groups in total. The predicted molar refractivity (Wildman–Crippen MR) is 83.3 cm³/mol. The lowest BCUT2D eigenvalue weighted by Crippen LogP contribution is -2.44. The van der Waals surface area contributed by atoms with Crippen LogP contribution in [-0.4, -0.2) is 47.4 Å². The maximum absolute atomic E-state index is 12.1. The third-order valence-corrected chi connectivity index (χ3v) is 3.90. The van der Waals surface area contributed by atoms with Crippen molar-refractivity contribution in [3.63, 3.8) is 0 Å². The molecule has 1 fully saturated rings. The Morgan fingerprint density at radius 3 is 2.36 bits per heavy atom. The Morgan fingerprint density at radius 2 is 1.82 bits per heavy atom. The number of carboxylic acid groups (broad SMARTS) is 1. The van der Waals surface area contributed by atoms with E-state index in [0.29, 0.717) is 18.9 Å². The molecule has 0 aromatic carbocycles. The van der Waals surface area contributed by atoms with Crippen molar-refractivity contribution < 1.29 is 19.5 Å². The molecule has 0 saturated heterocycles. The summed E-state index contributed by atoms with van der Waals surface area (Å²) in [6.07, 6.45) is 6.24. The highest BCUT2D eigenvalue weighted by atomic mass is 16.4. The number of carbonyl (C=O) groups is 3. The molecule has 0 unspecified atom stereocenters. The van der Waals surface area contributed by atoms with Crippen molar-refractivity contribution in [3.05, 3.63) is 0 Å². The Hall–Kier alpha value is -1.59. The number of hydrogen-bond acceptors (Lipinski definition) is 3. The lowest BCUT2D eigenvalue weighted by molar-refractivity contribution is -0.144. The maximum atomic E-state index is 12.1. The van der Waals surface area contributed by atoms with Crippen molar-refractivity contribution in [3.8, 4) is 0 Å². The van der Waals surface area contributed by atoms with Gasteiger partial charge in [0.25, 0.3) is 0 Å². The van der Waals surface area contributed by atoms with E-state index in [2.05, 4.69) is 5.32 Å². The van der Waals surface area contributed by atoms with Crippen molar-refractivity contribution in [2.24, 2.45) is 11.8 Å². The molecule has 0 heterocycles. The minimum absolute atomic E-state index is 0.111. The number of aliphatic carboxylic acids is 1. The first-order valence-corrected chi connectivity index (χ1v) is 8.14. The molecule has 6 nitrogen and oxygen atoms in total. The lowest BCUT2D eigenvalue weighted by Gasteiger charge is -2.23. The van der Waals surface area contributed by atoms with Gasteiger partial charge in [-0.05, 0) is 24.7 Å². The van der Waals surface area contributed by atoms with E-state index in [0.717, 1.165) is 12.8 Å². The molecule has 1 aliphatic rings. The summed E-state index contributed by atoms with van der Waals surface area (Å²) in [4.78, 5) is 36.0. The largest absolute Gasteiger partial charge is 0.480 e. The van der Waals surface area contributed by atoms with E-state index >= 15 is 0 Å². The van der Waals surface area contributed by atoms with Crippen LogP contribution in [-0.2, 0) is 14.4 Å². The Morgan fingerprint density at radius 1 is 1.18 bits per heavy atom. The SMILES string of the molecule is CC(C)CN(CC(=O)O)C(=O)CNC(=O)CC1CCCCC1. The molecule has 0 atom stereocenters. The van der Waals surface area contributed by atoms with E-state index in [4.69, 9.17) is 5.11 Å². The summed E-state index contributed by atoms with van der Waals surface area (Å²) in [5.74, 6) is -0.883. The van der Waals surface area contributed by atoms with E-state index in [1.165, 1.54) is 24.2 Å². The molecular weight excluding hydrogens is 284 g/mol. The van der Waals surface area contributed by atoms with Crippen LogP contribution in [0.5, 0.6) is 0 Å². The lowest BCUT2D eigenvalue weighted by atomic mass is 9.87. The summed E-state index contributed by atoms with van der Waals surface area (Å²) < 4.78 is 0. The number of carbonyl (C=O) groups excluding carboxylic acids is 2. The maximum Gasteiger partial charge on any atom is 0.323 e. The minimum atomic E-state index is -1.04. The van der Waals surface area contributed by atoms with Crippen LogP contribution in [0.4, 0.5) is 0 Å². The molecule has 1 aliphatic carbocycles. The van der Waals surface area contributed by atoms with Gasteiger partial charge in [-0.2, -0.15) is 0 Å². The van der Waals surface area contributed by atoms with Crippen LogP contribution in [0.15, 0.2) is 0 Å². The predicted octanol–water partition coefficient (Wildman–Crippen LogP) is 1.64. The monoisotopic (exact) mass is 312 g/mol. The Labute approximate surface area is 132 Å². The first-order chi connectivity index (χ1) is 10.4. The number of carboxylic acids is 1. The van der Waals surface area contributed by atoms with Crippen LogP contribution in [0.2, 0.25) is 0 Å². The highest BCUT2D eigenvalue weighted by Crippen LogP contribution is 2.25. The fraction of sp³-hybridized carbons (Fsp3) is 0.812. The summed E-state index contributed by atoms with van der Waals surface area (Å²) in [7, 11) is 0. The Kier molecular flexibility index (Phi) is 7.91. The van der Waals surface area contributed by atoms with Gasteiger partial charge in [0.1, 0.15) is 6.54 Å². The van der Waals surface area contributed by atoms with Crippen molar-refractivity contribution in [1.29, 1.82) is 0 Å². The zero-order valence-corrected chi connectivity index (χ0v) is 13.6. The van der Waals surface area contributed by atoms with Gasteiger partial charge in [0.2, 0.25) is 11.8 Å². The molecule has 0 radical (unpaired) electrons. The molecule has 1 saturated carbocycles. The quantitative estimate of drug-likeness (QED) is 0.713. The molecule has 6 heteroatoms. The van der Waals surface area contributed by atoms with Gasteiger partial charge in [-0.1, -0.05) is 33.1 Å². The summed E-state index contributed by atoms with van der Waals surface area (Å²) in [6, 6.07) is 0. The zero-order valence-electron chi connectivity index (χ0n) is 13.6. The fourth-order valence-corrected chi connectivity index (χ4v) is 2.87. The first-order valence-electron chi connectivity index (χ1n) is 8.14. The summed E-state index contributed by atoms with van der Waals surface area (Å²) in [5, 5.41) is 11.5. The molecule has 0 aromatic heterocycles. The minimum Gasteiger partial charge on any atom is -0.480 e. The fourth-order valence-electron chi connectivity index (χ4n) is 2.87. The van der Waals surface area contributed by atoms with Gasteiger partial charge < -0.3 is 15.3 Å². The van der Waals surface area contributed by atoms with Gasteiger partial charge in [0, 0.05) is 13.0 Å². The third-order valence-electron chi connectivity index (χ3n) is 3.90. The zero-order chi connectivity index (χ0) is 16.5. The highest BCUT2D eigenvalue weighted by molar-refractivity contribution is 5.86. The molecule has 0 spiro atoms. The van der Waals surface area contributed by atoms with Crippen molar-refractivity contribution in [2.75, 3.05) is 19.6 Å². The second kappa shape index (κ2) is 9.43. The van der Waals surface area contributed by atoms with Gasteiger partial charge in [0.15, 0.2) is 0 Å². The molecule has 22 heavy (non-hydrogen) atoms. The van der Waals surface area contributed by atoms with E-state index in [1.807, 2.05) is 13.8 Å². The van der Waals surface area contributed by atoms with E-state index in [1.54, 1.807) is 0 Å². The topological polar surface area (TPSA) is 86.7 Å². The van der Waals surface area contributed by atoms with Gasteiger partial charge in [-0.25, -0.2) is 0 Å². The van der Waals surface area contributed by atoms with Crippen LogP contribution in [0.25, 0.3) is 0 Å². The summed E-state index contributed by atoms with van der Waals surface area (Å²) in [5.41, 5.74) is 0. The van der Waals surface area contributed by atoms with Crippen LogP contribution in [0, 0.1) is 11.8 Å². The van der Waals surface area contributed by atoms with Crippen LogP contribution < -0.4 is 5.32 Å². The average Bonchev–Trinajstić information content (AvgIpc) is 2.44. The van der Waals surface area contributed by atoms with Crippen molar-refractivity contribution >= 4 is 17.8 Å². The molecule has 0 aliphatic heterocycles. The standard InChI is InChI=1S/C16H28N2O4/c1-12(2)10-18(11-16(21)22)15(20)9-17-14(19)8-13-6-4-3-5-7-13/h12-13H,3-11H2,1-2H3,(H,17,19)(H,21,22). The van der Waals surface area contributed by atoms with Crippen LogP contribution in [0.3, 0.4) is 0 Å². The molecular formula is C16H28N2O4. The second-order valence-corrected chi connectivity index (χ2v) is 6.55. The number of hydrogen-bond donors (Lipinski definition) is 2. The summed E-state index contributed by atoms with van der Waals surface area (Å²) >= 11 is 0. The normalized spacial score (nSPS) is 15.6. The van der Waals surface area contributed by atoms with Gasteiger partial charge >= 0.3 is 5.97 Å². The Bertz CT molecular complexity index is 390. The third kappa shape index (κ3) is 7.43. The highest BCUT2D eigenvalue weighted by Gasteiger charge is 2.20. The molecule has 1 rings (SSSR count). The second-order valence-electron chi connectivity index (χ2n) is 6.55. The van der Waals surface area contributed by atoms with Crippen LogP contribution in [0.1, 0.15) is 52.4 Å². The number of amides is 2. The van der Waals surface area contributed by atoms with Crippen molar-refractivity contribution in [2.45, 2.75) is 52.4 Å². The smallest absolute Gasteiger partial charge is 0.323 e. The van der Waals surface area contributed by atoms with Crippen molar-refractivity contribution in [1.82, 2.24) is 10.2 Å². The van der Waals surface area contributed by atoms with E-state index in [-0.39, 0.29) is 30.8 Å². The number of nitrogens with zero attached hydrogens (tertiary/aromatic N) is 1. The molecule has 0 aromatic rings. The average molecular weight is 312 g/mol. The molecule has 0 bridgehead atoms. The summed E-state index contributed by atoms with van der Waals surface area (Å²) in [6.45, 7) is 3.78. The number of nitrogens with one attached hydrogen (secondary N) is 1. The first kappa shape index (κ1) is 18.5. The Balaban J connectivity index is 2.37. The molecule has 2 amide bonds. The van der Waals surface area contributed by atoms with E-state index < -0.39 is 5.97 Å². The van der Waals surface area contributed by atoms with Gasteiger partial charge in [-0.3, -0.25) is 14.4 Å². The molecule has 126 valence electrons. The van der Waals surface area contributed by atoms with Crippen LogP contribution >= 0.6 is 0 Å². The van der Waals surface area contributed by atoms with Gasteiger partial charge in [-0.15, -0.1) is 0 Å². The number of rotatable bonds is 8. The van der Waals surface area contributed by atoms with E-state index in [9.17, 15) is 14.4 Å². The van der Waals surface area contributed by atoms with Gasteiger partial charge in [0.05, 0.1) is 6.54 Å².